The van der Waals surface area contributed by atoms with Gasteiger partial charge in [0.15, 0.2) is 0 Å². The Balaban J connectivity index is 1.69. The summed E-state index contributed by atoms with van der Waals surface area (Å²) in [6, 6.07) is 14.7. The maximum Gasteiger partial charge on any atom is 0.226 e. The van der Waals surface area contributed by atoms with Gasteiger partial charge in [-0.1, -0.05) is 12.1 Å². The fourth-order valence-corrected chi connectivity index (χ4v) is 1.91. The van der Waals surface area contributed by atoms with Crippen LogP contribution in [0.2, 0.25) is 0 Å². The number of carbonyl (C=O) groups excluding carboxylic acids is 1. The predicted octanol–water partition coefficient (Wildman–Crippen LogP) is 2.82. The van der Waals surface area contributed by atoms with E-state index in [1.54, 1.807) is 31.4 Å². The number of nitrogens with one attached hydrogen (secondary N) is 1. The van der Waals surface area contributed by atoms with E-state index in [2.05, 4.69) is 5.32 Å². The summed E-state index contributed by atoms with van der Waals surface area (Å²) >= 11 is 0. The van der Waals surface area contributed by atoms with Gasteiger partial charge in [0.25, 0.3) is 0 Å². The van der Waals surface area contributed by atoms with Gasteiger partial charge in [-0.05, 0) is 42.0 Å². The first kappa shape index (κ1) is 15.9. The summed E-state index contributed by atoms with van der Waals surface area (Å²) in [4.78, 5) is 11.8. The summed E-state index contributed by atoms with van der Waals surface area (Å²) in [6.45, 7) is 0.810. The lowest BCUT2D eigenvalue weighted by Gasteiger charge is -2.07. The van der Waals surface area contributed by atoms with Gasteiger partial charge in [-0.3, -0.25) is 4.79 Å². The molecule has 0 radical (unpaired) electrons. The third-order valence-electron chi connectivity index (χ3n) is 3.07. The number of methoxy groups -OCH3 is 1. The number of rotatable bonds is 7. The lowest BCUT2D eigenvalue weighted by atomic mass is 10.2. The Morgan fingerprint density at radius 3 is 2.68 bits per heavy atom. The van der Waals surface area contributed by atoms with Gasteiger partial charge < -0.3 is 20.5 Å². The second kappa shape index (κ2) is 8.05. The molecular weight excluding hydrogens is 280 g/mol. The van der Waals surface area contributed by atoms with Crippen LogP contribution < -0.4 is 15.8 Å². The van der Waals surface area contributed by atoms with Gasteiger partial charge in [0.05, 0.1) is 26.7 Å². The number of nitrogens with two attached hydrogens (primary N) is 1. The van der Waals surface area contributed by atoms with Crippen LogP contribution in [0.5, 0.6) is 5.75 Å². The number of ether oxygens (including phenoxy) is 2. The van der Waals surface area contributed by atoms with E-state index < -0.39 is 0 Å². The summed E-state index contributed by atoms with van der Waals surface area (Å²) in [5, 5.41) is 2.79. The molecule has 0 unspecified atom stereocenters. The maximum absolute atomic E-state index is 11.8. The van der Waals surface area contributed by atoms with Crippen molar-refractivity contribution in [3.8, 4) is 5.75 Å². The lowest BCUT2D eigenvalue weighted by Crippen LogP contribution is -2.14. The van der Waals surface area contributed by atoms with Crippen molar-refractivity contribution in [2.45, 2.75) is 13.0 Å². The molecule has 3 N–H and O–H groups in total. The standard InChI is InChI=1S/C17H20N2O3/c1-21-16-4-2-3-13(11-16)12-22-10-9-17(20)19-15-7-5-14(18)6-8-15/h2-8,11H,9-10,12,18H2,1H3,(H,19,20). The molecule has 5 heteroatoms. The topological polar surface area (TPSA) is 73.6 Å². The van der Waals surface area contributed by atoms with E-state index in [1.807, 2.05) is 24.3 Å². The Morgan fingerprint density at radius 1 is 1.18 bits per heavy atom. The van der Waals surface area contributed by atoms with E-state index in [9.17, 15) is 4.79 Å². The number of nitrogen functional groups attached to an aromatic ring is 1. The predicted molar refractivity (Wildman–Crippen MR) is 86.8 cm³/mol. The van der Waals surface area contributed by atoms with Gasteiger partial charge in [0.2, 0.25) is 5.91 Å². The zero-order valence-corrected chi connectivity index (χ0v) is 12.5. The van der Waals surface area contributed by atoms with E-state index in [-0.39, 0.29) is 5.91 Å². The fraction of sp³-hybridized carbons (Fsp3) is 0.235. The van der Waals surface area contributed by atoms with Crippen LogP contribution in [-0.4, -0.2) is 19.6 Å². The molecule has 2 aromatic carbocycles. The number of amides is 1. The van der Waals surface area contributed by atoms with Gasteiger partial charge in [-0.2, -0.15) is 0 Å². The van der Waals surface area contributed by atoms with Crippen LogP contribution in [0.25, 0.3) is 0 Å². The van der Waals surface area contributed by atoms with Crippen molar-refractivity contribution in [3.63, 3.8) is 0 Å². The molecule has 0 heterocycles. The van der Waals surface area contributed by atoms with E-state index in [1.165, 1.54) is 0 Å². The zero-order valence-electron chi connectivity index (χ0n) is 12.5. The molecule has 2 rings (SSSR count). The fourth-order valence-electron chi connectivity index (χ4n) is 1.91. The molecule has 0 atom stereocenters. The maximum atomic E-state index is 11.8. The van der Waals surface area contributed by atoms with Crippen molar-refractivity contribution in [3.05, 3.63) is 54.1 Å². The first-order valence-corrected chi connectivity index (χ1v) is 7.03. The second-order valence-electron chi connectivity index (χ2n) is 4.82. The second-order valence-corrected chi connectivity index (χ2v) is 4.82. The Morgan fingerprint density at radius 2 is 1.95 bits per heavy atom. The number of carbonyl (C=O) groups is 1. The number of benzene rings is 2. The minimum atomic E-state index is -0.0876. The molecule has 0 aliphatic heterocycles. The lowest BCUT2D eigenvalue weighted by molar-refractivity contribution is -0.117. The zero-order chi connectivity index (χ0) is 15.8. The normalized spacial score (nSPS) is 10.2. The van der Waals surface area contributed by atoms with Gasteiger partial charge in [0.1, 0.15) is 5.75 Å². The average molecular weight is 300 g/mol. The molecule has 0 bridgehead atoms. The van der Waals surface area contributed by atoms with Gasteiger partial charge in [0, 0.05) is 11.4 Å². The molecule has 0 saturated heterocycles. The summed E-state index contributed by atoms with van der Waals surface area (Å²) in [6.07, 6.45) is 0.300. The van der Waals surface area contributed by atoms with Crippen LogP contribution in [0.1, 0.15) is 12.0 Å². The molecule has 22 heavy (non-hydrogen) atoms. The molecule has 5 nitrogen and oxygen atoms in total. The number of hydrogen-bond donors (Lipinski definition) is 2. The van der Waals surface area contributed by atoms with E-state index in [0.29, 0.717) is 25.3 Å². The van der Waals surface area contributed by atoms with E-state index in [4.69, 9.17) is 15.2 Å². The molecule has 0 spiro atoms. The SMILES string of the molecule is COc1cccc(COCCC(=O)Nc2ccc(N)cc2)c1. The summed E-state index contributed by atoms with van der Waals surface area (Å²) in [5.74, 6) is 0.706. The summed E-state index contributed by atoms with van der Waals surface area (Å²) in [5.41, 5.74) is 8.00. The summed E-state index contributed by atoms with van der Waals surface area (Å²) in [7, 11) is 1.63. The smallest absolute Gasteiger partial charge is 0.226 e. The highest BCUT2D eigenvalue weighted by Crippen LogP contribution is 2.13. The van der Waals surface area contributed by atoms with Crippen LogP contribution in [0, 0.1) is 0 Å². The van der Waals surface area contributed by atoms with E-state index in [0.717, 1.165) is 17.0 Å². The molecule has 0 aliphatic carbocycles. The van der Waals surface area contributed by atoms with Crippen molar-refractivity contribution in [2.75, 3.05) is 24.8 Å². The monoisotopic (exact) mass is 300 g/mol. The molecule has 116 valence electrons. The van der Waals surface area contributed by atoms with E-state index >= 15 is 0 Å². The Kier molecular flexibility index (Phi) is 5.80. The van der Waals surface area contributed by atoms with Crippen molar-refractivity contribution in [2.24, 2.45) is 0 Å². The quantitative estimate of drug-likeness (QED) is 0.609. The van der Waals surface area contributed by atoms with Gasteiger partial charge in [-0.15, -0.1) is 0 Å². The third kappa shape index (κ3) is 5.10. The van der Waals surface area contributed by atoms with Crippen LogP contribution in [0.3, 0.4) is 0 Å². The Labute approximate surface area is 130 Å². The molecule has 1 amide bonds. The molecule has 2 aromatic rings. The number of hydrogen-bond acceptors (Lipinski definition) is 4. The minimum Gasteiger partial charge on any atom is -0.497 e. The van der Waals surface area contributed by atoms with Crippen molar-refractivity contribution in [1.29, 1.82) is 0 Å². The third-order valence-corrected chi connectivity index (χ3v) is 3.07. The highest BCUT2D eigenvalue weighted by molar-refractivity contribution is 5.90. The average Bonchev–Trinajstić information content (AvgIpc) is 2.54. The van der Waals surface area contributed by atoms with Crippen LogP contribution in [0.4, 0.5) is 11.4 Å². The number of anilines is 2. The molecular formula is C17H20N2O3. The highest BCUT2D eigenvalue weighted by atomic mass is 16.5. The Hall–Kier alpha value is -2.53. The first-order valence-electron chi connectivity index (χ1n) is 7.03. The molecule has 0 aliphatic rings. The molecule has 0 saturated carbocycles. The van der Waals surface area contributed by atoms with Gasteiger partial charge >= 0.3 is 0 Å². The van der Waals surface area contributed by atoms with Crippen LogP contribution >= 0.6 is 0 Å². The minimum absolute atomic E-state index is 0.0876. The highest BCUT2D eigenvalue weighted by Gasteiger charge is 2.03. The Bertz CT molecular complexity index is 612. The van der Waals surface area contributed by atoms with Crippen LogP contribution in [0.15, 0.2) is 48.5 Å². The first-order chi connectivity index (χ1) is 10.7. The molecule has 0 fully saturated rings. The van der Waals surface area contributed by atoms with Gasteiger partial charge in [-0.25, -0.2) is 0 Å². The largest absolute Gasteiger partial charge is 0.497 e. The van der Waals surface area contributed by atoms with Crippen molar-refractivity contribution in [1.82, 2.24) is 0 Å². The van der Waals surface area contributed by atoms with Crippen molar-refractivity contribution >= 4 is 17.3 Å². The molecule has 0 aromatic heterocycles. The summed E-state index contributed by atoms with van der Waals surface area (Å²) < 4.78 is 10.7. The van der Waals surface area contributed by atoms with Crippen molar-refractivity contribution < 1.29 is 14.3 Å². The van der Waals surface area contributed by atoms with Crippen LogP contribution in [-0.2, 0) is 16.1 Å².